The normalized spacial score (nSPS) is 18.3. The highest BCUT2D eigenvalue weighted by molar-refractivity contribution is 9.10. The summed E-state index contributed by atoms with van der Waals surface area (Å²) in [6.45, 7) is 4.73. The summed E-state index contributed by atoms with van der Waals surface area (Å²) in [5.41, 5.74) is 1.09. The molecule has 1 saturated heterocycles. The molecule has 29 heavy (non-hydrogen) atoms. The third kappa shape index (κ3) is 4.73. The van der Waals surface area contributed by atoms with Crippen LogP contribution in [0.4, 0.5) is 0 Å². The summed E-state index contributed by atoms with van der Waals surface area (Å²) < 4.78 is 27.4. The van der Waals surface area contributed by atoms with E-state index in [1.807, 2.05) is 42.8 Å². The van der Waals surface area contributed by atoms with E-state index < -0.39 is 15.4 Å². The van der Waals surface area contributed by atoms with Gasteiger partial charge in [-0.1, -0.05) is 13.0 Å². The Bertz CT molecular complexity index is 939. The van der Waals surface area contributed by atoms with Crippen molar-refractivity contribution < 1.29 is 13.2 Å². The molecule has 1 aliphatic rings. The van der Waals surface area contributed by atoms with Crippen LogP contribution < -0.4 is 5.32 Å². The molecule has 2 aromatic rings. The Kier molecular flexibility index (Phi) is 7.14. The van der Waals surface area contributed by atoms with Crippen molar-refractivity contribution in [1.29, 1.82) is 0 Å². The number of nitrogens with zero attached hydrogens (tertiary/aromatic N) is 2. The number of piperidine rings is 1. The first-order valence-electron chi connectivity index (χ1n) is 9.72. The molecular weight excluding hydrogens is 474 g/mol. The van der Waals surface area contributed by atoms with Gasteiger partial charge in [0, 0.05) is 51.7 Å². The molecule has 1 aliphatic heterocycles. The summed E-state index contributed by atoms with van der Waals surface area (Å²) in [6.07, 6.45) is 3.58. The number of rotatable bonds is 7. The molecule has 2 aromatic heterocycles. The van der Waals surface area contributed by atoms with Crippen LogP contribution in [0.15, 0.2) is 39.6 Å². The fourth-order valence-electron chi connectivity index (χ4n) is 3.97. The largest absolute Gasteiger partial charge is 0.349 e. The van der Waals surface area contributed by atoms with E-state index in [2.05, 4.69) is 26.2 Å². The zero-order valence-electron chi connectivity index (χ0n) is 16.6. The van der Waals surface area contributed by atoms with Gasteiger partial charge in [-0.15, -0.1) is 0 Å². The summed E-state index contributed by atoms with van der Waals surface area (Å²) >= 11 is 4.89. The van der Waals surface area contributed by atoms with Crippen LogP contribution in [0.2, 0.25) is 0 Å². The van der Waals surface area contributed by atoms with E-state index in [9.17, 15) is 13.2 Å². The summed E-state index contributed by atoms with van der Waals surface area (Å²) in [5, 5.41) is 6.84. The van der Waals surface area contributed by atoms with Crippen LogP contribution in [0.5, 0.6) is 0 Å². The second-order valence-electron chi connectivity index (χ2n) is 7.41. The predicted octanol–water partition coefficient (Wildman–Crippen LogP) is 3.80. The smallest absolute Gasteiger partial charge is 0.253 e. The van der Waals surface area contributed by atoms with Crippen molar-refractivity contribution >= 4 is 43.2 Å². The molecule has 0 aromatic carbocycles. The van der Waals surface area contributed by atoms with Crippen molar-refractivity contribution in [3.8, 4) is 0 Å². The van der Waals surface area contributed by atoms with Crippen LogP contribution in [0.25, 0.3) is 0 Å². The first-order chi connectivity index (χ1) is 13.8. The Balaban J connectivity index is 1.85. The molecule has 1 atom stereocenters. The third-order valence-corrected chi connectivity index (χ3v) is 9.46. The quantitative estimate of drug-likeness (QED) is 0.628. The van der Waals surface area contributed by atoms with E-state index >= 15 is 0 Å². The summed E-state index contributed by atoms with van der Waals surface area (Å²) in [5.74, 6) is 0.0316. The molecule has 0 spiro atoms. The number of aromatic nitrogens is 1. The molecule has 1 fully saturated rings. The Morgan fingerprint density at radius 1 is 1.34 bits per heavy atom. The van der Waals surface area contributed by atoms with E-state index in [1.54, 1.807) is 10.5 Å². The van der Waals surface area contributed by atoms with Crippen molar-refractivity contribution in [3.05, 3.63) is 50.9 Å². The number of thiophene rings is 1. The van der Waals surface area contributed by atoms with Crippen LogP contribution >= 0.6 is 27.3 Å². The maximum Gasteiger partial charge on any atom is 0.253 e. The van der Waals surface area contributed by atoms with Crippen LogP contribution in [0.3, 0.4) is 0 Å². The Morgan fingerprint density at radius 3 is 2.62 bits per heavy atom. The lowest BCUT2D eigenvalue weighted by Gasteiger charge is -2.44. The summed E-state index contributed by atoms with van der Waals surface area (Å²) in [6, 6.07) is 5.57. The highest BCUT2D eigenvalue weighted by atomic mass is 79.9. The maximum atomic E-state index is 12.8. The number of hydrogen-bond donors (Lipinski definition) is 1. The number of carbonyl (C=O) groups is 1. The minimum absolute atomic E-state index is 0.137. The molecule has 0 unspecified atom stereocenters. The number of hydrogen-bond acceptors (Lipinski definition) is 5. The molecule has 0 aliphatic carbocycles. The van der Waals surface area contributed by atoms with Gasteiger partial charge in [0.15, 0.2) is 0 Å². The highest BCUT2D eigenvalue weighted by Crippen LogP contribution is 2.38. The lowest BCUT2D eigenvalue weighted by Crippen LogP contribution is -2.55. The molecule has 3 heterocycles. The zero-order valence-corrected chi connectivity index (χ0v) is 19.8. The van der Waals surface area contributed by atoms with E-state index in [4.69, 9.17) is 0 Å². The van der Waals surface area contributed by atoms with Crippen molar-refractivity contribution in [2.45, 2.75) is 44.6 Å². The van der Waals surface area contributed by atoms with Crippen LogP contribution in [-0.2, 0) is 15.4 Å². The second-order valence-corrected chi connectivity index (χ2v) is 11.1. The predicted molar refractivity (Wildman–Crippen MR) is 120 cm³/mol. The molecule has 6 nitrogen and oxygen atoms in total. The number of nitrogens with one attached hydrogen (secondary N) is 1. The van der Waals surface area contributed by atoms with Gasteiger partial charge in [-0.25, -0.2) is 12.7 Å². The third-order valence-electron chi connectivity index (χ3n) is 5.68. The molecule has 158 valence electrons. The Morgan fingerprint density at radius 2 is 2.07 bits per heavy atom. The Labute approximate surface area is 184 Å². The lowest BCUT2D eigenvalue weighted by atomic mass is 9.70. The molecular formula is C20H26BrN3O3S2. The zero-order chi connectivity index (χ0) is 21.1. The van der Waals surface area contributed by atoms with Gasteiger partial charge in [-0.2, -0.15) is 11.3 Å². The SMILES string of the molecule is CCCS(=O)(=O)N1CCC(c2ccccn2)([C@H](C)NC(=O)c2cscc2Br)CC1. The summed E-state index contributed by atoms with van der Waals surface area (Å²) in [7, 11) is -3.23. The van der Waals surface area contributed by atoms with Crippen LogP contribution in [0, 0.1) is 0 Å². The van der Waals surface area contributed by atoms with Gasteiger partial charge >= 0.3 is 0 Å². The van der Waals surface area contributed by atoms with Crippen molar-refractivity contribution in [2.24, 2.45) is 0 Å². The van der Waals surface area contributed by atoms with Gasteiger partial charge in [0.2, 0.25) is 10.0 Å². The number of sulfonamides is 1. The fraction of sp³-hybridized carbons (Fsp3) is 0.500. The van der Waals surface area contributed by atoms with Gasteiger partial charge in [-0.05, 0) is 54.2 Å². The fourth-order valence-corrected chi connectivity index (χ4v) is 6.94. The van der Waals surface area contributed by atoms with Crippen molar-refractivity contribution in [1.82, 2.24) is 14.6 Å². The number of carbonyl (C=O) groups excluding carboxylic acids is 1. The monoisotopic (exact) mass is 499 g/mol. The number of halogens is 1. The van der Waals surface area contributed by atoms with Gasteiger partial charge in [0.1, 0.15) is 0 Å². The highest BCUT2D eigenvalue weighted by Gasteiger charge is 2.44. The van der Waals surface area contributed by atoms with E-state index in [0.29, 0.717) is 37.9 Å². The number of amides is 1. The molecule has 0 saturated carbocycles. The average Bonchev–Trinajstić information content (AvgIpc) is 3.14. The second kappa shape index (κ2) is 9.24. The van der Waals surface area contributed by atoms with Gasteiger partial charge in [0.05, 0.1) is 11.3 Å². The topological polar surface area (TPSA) is 79.4 Å². The van der Waals surface area contributed by atoms with Crippen molar-refractivity contribution in [2.75, 3.05) is 18.8 Å². The average molecular weight is 500 g/mol. The maximum absolute atomic E-state index is 12.8. The van der Waals surface area contributed by atoms with E-state index in [-0.39, 0.29) is 17.7 Å². The molecule has 0 radical (unpaired) electrons. The molecule has 9 heteroatoms. The lowest BCUT2D eigenvalue weighted by molar-refractivity contribution is 0.0892. The standard InChI is InChI=1S/C20H26BrN3O3S2/c1-3-12-29(26,27)24-10-7-20(8-11-24,18-6-4-5-9-22-18)15(2)23-19(25)16-13-28-14-17(16)21/h4-6,9,13-15H,3,7-8,10-12H2,1-2H3,(H,23,25)/t15-/m0/s1. The molecule has 1 N–H and O–H groups in total. The van der Waals surface area contributed by atoms with E-state index in [1.165, 1.54) is 11.3 Å². The molecule has 1 amide bonds. The first kappa shape index (κ1) is 22.4. The summed E-state index contributed by atoms with van der Waals surface area (Å²) in [4.78, 5) is 17.4. The molecule has 3 rings (SSSR count). The van der Waals surface area contributed by atoms with Crippen LogP contribution in [-0.4, -0.2) is 48.5 Å². The molecule has 0 bridgehead atoms. The van der Waals surface area contributed by atoms with Gasteiger partial charge in [0.25, 0.3) is 5.91 Å². The van der Waals surface area contributed by atoms with E-state index in [0.717, 1.165) is 10.2 Å². The van der Waals surface area contributed by atoms with Gasteiger partial charge < -0.3 is 5.32 Å². The minimum atomic E-state index is -3.23. The van der Waals surface area contributed by atoms with Crippen molar-refractivity contribution in [3.63, 3.8) is 0 Å². The Hall–Kier alpha value is -1.29. The number of pyridine rings is 1. The minimum Gasteiger partial charge on any atom is -0.349 e. The first-order valence-corrected chi connectivity index (χ1v) is 13.1. The van der Waals surface area contributed by atoms with Gasteiger partial charge in [-0.3, -0.25) is 9.78 Å². The van der Waals surface area contributed by atoms with Crippen LogP contribution in [0.1, 0.15) is 49.2 Å².